The van der Waals surface area contributed by atoms with Crippen molar-refractivity contribution < 1.29 is 14.3 Å². The summed E-state index contributed by atoms with van der Waals surface area (Å²) in [5.41, 5.74) is 2.98. The van der Waals surface area contributed by atoms with Gasteiger partial charge in [0.2, 0.25) is 5.91 Å². The zero-order valence-corrected chi connectivity index (χ0v) is 20.9. The van der Waals surface area contributed by atoms with Crippen LogP contribution < -0.4 is 15.4 Å². The molecule has 0 aliphatic carbocycles. The minimum absolute atomic E-state index is 0.111. The van der Waals surface area contributed by atoms with Gasteiger partial charge in [-0.1, -0.05) is 42.1 Å². The van der Waals surface area contributed by atoms with Crippen LogP contribution in [0, 0.1) is 13.8 Å². The maximum absolute atomic E-state index is 12.4. The fraction of sp³-hybridized carbons (Fsp3) is 0.208. The molecule has 4 rings (SSSR count). The highest BCUT2D eigenvalue weighted by molar-refractivity contribution is 7.99. The lowest BCUT2D eigenvalue weighted by atomic mass is 10.1. The Morgan fingerprint density at radius 3 is 2.69 bits per heavy atom. The van der Waals surface area contributed by atoms with Crippen molar-refractivity contribution in [2.75, 3.05) is 17.7 Å². The fourth-order valence-electron chi connectivity index (χ4n) is 3.18. The number of thioether (sulfide) groups is 1. The Morgan fingerprint density at radius 1 is 1.09 bits per heavy atom. The number of amides is 2. The Bertz CT molecular complexity index is 1290. The van der Waals surface area contributed by atoms with Crippen molar-refractivity contribution in [2.45, 2.75) is 25.5 Å². The number of rotatable bonds is 10. The number of anilines is 1. The number of aromatic nitrogens is 4. The summed E-state index contributed by atoms with van der Waals surface area (Å²) in [6, 6.07) is 15.2. The summed E-state index contributed by atoms with van der Waals surface area (Å²) in [6.45, 7) is 4.04. The summed E-state index contributed by atoms with van der Waals surface area (Å²) >= 11 is 2.62. The first-order valence-electron chi connectivity index (χ1n) is 10.8. The van der Waals surface area contributed by atoms with E-state index in [0.717, 1.165) is 16.8 Å². The first-order valence-corrected chi connectivity index (χ1v) is 12.6. The summed E-state index contributed by atoms with van der Waals surface area (Å²) in [5, 5.41) is 17.1. The van der Waals surface area contributed by atoms with Crippen molar-refractivity contribution in [3.63, 3.8) is 0 Å². The number of ether oxygens (including phenoxy) is 1. The lowest BCUT2D eigenvalue weighted by molar-refractivity contribution is -0.123. The molecule has 0 unspecified atom stereocenters. The Labute approximate surface area is 211 Å². The molecular weight excluding hydrogens is 484 g/mol. The van der Waals surface area contributed by atoms with Gasteiger partial charge in [-0.05, 0) is 43.2 Å². The smallest absolute Gasteiger partial charge is 0.258 e. The van der Waals surface area contributed by atoms with Gasteiger partial charge in [0.25, 0.3) is 5.91 Å². The molecule has 2 amide bonds. The average molecular weight is 509 g/mol. The second kappa shape index (κ2) is 11.6. The lowest BCUT2D eigenvalue weighted by Gasteiger charge is -2.14. The van der Waals surface area contributed by atoms with Crippen molar-refractivity contribution in [2.24, 2.45) is 0 Å². The first-order chi connectivity index (χ1) is 17.0. The van der Waals surface area contributed by atoms with Crippen LogP contribution in [0.3, 0.4) is 0 Å². The third-order valence-electron chi connectivity index (χ3n) is 4.87. The standard InChI is InChI=1S/C24H24N6O3S2/c1-16-8-9-17(2)19(12-16)30-20(13-26-21(31)14-33-18-6-4-3-5-7-18)28-29-24(30)35-15-22(32)27-23-25-10-11-34-23/h3-12H,13-15H2,1-2H3,(H,26,31)(H,25,27,32). The summed E-state index contributed by atoms with van der Waals surface area (Å²) in [4.78, 5) is 28.8. The Kier molecular flexibility index (Phi) is 8.11. The van der Waals surface area contributed by atoms with E-state index in [4.69, 9.17) is 4.74 Å². The van der Waals surface area contributed by atoms with Gasteiger partial charge in [0.1, 0.15) is 5.75 Å². The highest BCUT2D eigenvalue weighted by atomic mass is 32.2. The largest absolute Gasteiger partial charge is 0.484 e. The number of hydrogen-bond acceptors (Lipinski definition) is 8. The van der Waals surface area contributed by atoms with E-state index in [1.165, 1.54) is 23.1 Å². The molecule has 9 nitrogen and oxygen atoms in total. The fourth-order valence-corrected chi connectivity index (χ4v) is 4.48. The number of carbonyl (C=O) groups excluding carboxylic acids is 2. The van der Waals surface area contributed by atoms with Crippen LogP contribution in [0.15, 0.2) is 65.3 Å². The SMILES string of the molecule is Cc1ccc(C)c(-n2c(CNC(=O)COc3ccccc3)nnc2SCC(=O)Nc2nccs2)c1. The molecule has 0 bridgehead atoms. The molecule has 0 radical (unpaired) electrons. The number of aryl methyl sites for hydroxylation is 2. The second-order valence-corrected chi connectivity index (χ2v) is 9.41. The Morgan fingerprint density at radius 2 is 1.91 bits per heavy atom. The van der Waals surface area contributed by atoms with E-state index >= 15 is 0 Å². The van der Waals surface area contributed by atoms with Crippen molar-refractivity contribution in [3.05, 3.63) is 77.1 Å². The highest BCUT2D eigenvalue weighted by Gasteiger charge is 2.18. The normalized spacial score (nSPS) is 10.7. The first kappa shape index (κ1) is 24.4. The predicted molar refractivity (Wildman–Crippen MR) is 136 cm³/mol. The third kappa shape index (κ3) is 6.67. The molecular formula is C24H24N6O3S2. The summed E-state index contributed by atoms with van der Waals surface area (Å²) in [6.07, 6.45) is 1.63. The van der Waals surface area contributed by atoms with Crippen LogP contribution in [0.5, 0.6) is 5.75 Å². The molecule has 0 aliphatic rings. The highest BCUT2D eigenvalue weighted by Crippen LogP contribution is 2.25. The van der Waals surface area contributed by atoms with Crippen LogP contribution in [0.4, 0.5) is 5.13 Å². The predicted octanol–water partition coefficient (Wildman–Crippen LogP) is 3.77. The van der Waals surface area contributed by atoms with Crippen LogP contribution in [0.1, 0.15) is 17.0 Å². The molecule has 0 saturated heterocycles. The monoisotopic (exact) mass is 508 g/mol. The Hall–Kier alpha value is -3.70. The van der Waals surface area contributed by atoms with Crippen LogP contribution in [0.2, 0.25) is 0 Å². The van der Waals surface area contributed by atoms with Crippen LogP contribution in [-0.2, 0) is 16.1 Å². The quantitative estimate of drug-likeness (QED) is 0.314. The zero-order valence-electron chi connectivity index (χ0n) is 19.2. The molecule has 11 heteroatoms. The molecule has 2 aromatic carbocycles. The van der Waals surface area contributed by atoms with Crippen molar-refractivity contribution in [1.82, 2.24) is 25.1 Å². The van der Waals surface area contributed by atoms with E-state index in [1.54, 1.807) is 23.7 Å². The second-order valence-electron chi connectivity index (χ2n) is 7.58. The van der Waals surface area contributed by atoms with Gasteiger partial charge in [-0.25, -0.2) is 4.98 Å². The summed E-state index contributed by atoms with van der Waals surface area (Å²) in [7, 11) is 0. The molecule has 2 aromatic heterocycles. The van der Waals surface area contributed by atoms with Gasteiger partial charge in [0.05, 0.1) is 18.0 Å². The molecule has 4 aromatic rings. The molecule has 0 spiro atoms. The minimum Gasteiger partial charge on any atom is -0.484 e. The molecule has 2 N–H and O–H groups in total. The maximum Gasteiger partial charge on any atom is 0.258 e. The number of thiazole rings is 1. The van der Waals surface area contributed by atoms with Gasteiger partial charge in [-0.2, -0.15) is 0 Å². The number of hydrogen-bond donors (Lipinski definition) is 2. The van der Waals surface area contributed by atoms with Crippen LogP contribution in [-0.4, -0.2) is 43.9 Å². The van der Waals surface area contributed by atoms with Gasteiger partial charge >= 0.3 is 0 Å². The topological polar surface area (TPSA) is 111 Å². The molecule has 0 atom stereocenters. The number of carbonyl (C=O) groups is 2. The van der Waals surface area contributed by atoms with Crippen molar-refractivity contribution in [1.29, 1.82) is 0 Å². The van der Waals surface area contributed by atoms with Crippen molar-refractivity contribution >= 4 is 40.0 Å². The molecule has 35 heavy (non-hydrogen) atoms. The third-order valence-corrected chi connectivity index (χ3v) is 6.49. The van der Waals surface area contributed by atoms with Crippen LogP contribution >= 0.6 is 23.1 Å². The number of nitrogens with zero attached hydrogens (tertiary/aromatic N) is 4. The molecule has 2 heterocycles. The molecule has 0 saturated carbocycles. The van der Waals surface area contributed by atoms with Gasteiger partial charge < -0.3 is 15.4 Å². The van der Waals surface area contributed by atoms with Gasteiger partial charge in [0.15, 0.2) is 22.7 Å². The van der Waals surface area contributed by atoms with Gasteiger partial charge in [0, 0.05) is 11.6 Å². The summed E-state index contributed by atoms with van der Waals surface area (Å²) < 4.78 is 7.39. The summed E-state index contributed by atoms with van der Waals surface area (Å²) in [5.74, 6) is 0.847. The molecule has 0 fully saturated rings. The van der Waals surface area contributed by atoms with E-state index in [0.29, 0.717) is 21.9 Å². The maximum atomic E-state index is 12.4. The Balaban J connectivity index is 1.47. The minimum atomic E-state index is -0.276. The average Bonchev–Trinajstić information content (AvgIpc) is 3.52. The van der Waals surface area contributed by atoms with E-state index in [2.05, 4.69) is 25.8 Å². The van der Waals surface area contributed by atoms with Gasteiger partial charge in [-0.15, -0.1) is 21.5 Å². The number of nitrogens with one attached hydrogen (secondary N) is 2. The lowest BCUT2D eigenvalue weighted by Crippen LogP contribution is -2.29. The van der Waals surface area contributed by atoms with E-state index in [1.807, 2.05) is 54.8 Å². The van der Waals surface area contributed by atoms with E-state index < -0.39 is 0 Å². The molecule has 0 aliphatic heterocycles. The molecule has 180 valence electrons. The number of benzene rings is 2. The zero-order chi connectivity index (χ0) is 24.6. The van der Waals surface area contributed by atoms with Gasteiger partial charge in [-0.3, -0.25) is 14.2 Å². The van der Waals surface area contributed by atoms with E-state index in [-0.39, 0.29) is 30.7 Å². The van der Waals surface area contributed by atoms with Crippen molar-refractivity contribution in [3.8, 4) is 11.4 Å². The number of para-hydroxylation sites is 1. The van der Waals surface area contributed by atoms with E-state index in [9.17, 15) is 9.59 Å². The van der Waals surface area contributed by atoms with Crippen LogP contribution in [0.25, 0.3) is 5.69 Å².